The lowest BCUT2D eigenvalue weighted by atomic mass is 9.97. The number of aliphatic hydroxyl groups is 8. The predicted octanol–water partition coefficient (Wildman–Crippen LogP) is 11.1. The smallest absolute Gasteiger partial charge is 0.220 e. The van der Waals surface area contributed by atoms with Crippen LogP contribution >= 0.6 is 0 Å². The second kappa shape index (κ2) is 47.5. The van der Waals surface area contributed by atoms with Crippen LogP contribution in [0.25, 0.3) is 0 Å². The van der Waals surface area contributed by atoms with Gasteiger partial charge in [-0.15, -0.1) is 0 Å². The van der Waals surface area contributed by atoms with Gasteiger partial charge in [-0.3, -0.25) is 4.79 Å². The highest BCUT2D eigenvalue weighted by atomic mass is 16.7. The van der Waals surface area contributed by atoms with Crippen molar-refractivity contribution in [2.45, 2.75) is 351 Å². The molecule has 0 aliphatic carbocycles. The van der Waals surface area contributed by atoms with Crippen molar-refractivity contribution >= 4 is 5.91 Å². The molecule has 12 atom stereocenters. The molecule has 9 N–H and O–H groups in total. The number of allylic oxidation sites excluding steroid dienone is 1. The topological polar surface area (TPSA) is 228 Å². The Balaban J connectivity index is 1.42. The lowest BCUT2D eigenvalue weighted by Crippen LogP contribution is -2.65. The zero-order valence-electron chi connectivity index (χ0n) is 47.8. The van der Waals surface area contributed by atoms with E-state index in [1.54, 1.807) is 6.08 Å². The van der Waals surface area contributed by atoms with Crippen LogP contribution in [-0.4, -0.2) is 140 Å². The normalized spacial score (nSPS) is 25.0. The fourth-order valence-corrected chi connectivity index (χ4v) is 10.7. The first-order valence-corrected chi connectivity index (χ1v) is 31.4. The third kappa shape index (κ3) is 33.2. The number of ether oxygens (including phenoxy) is 4. The molecule has 75 heavy (non-hydrogen) atoms. The maximum atomic E-state index is 13.0. The van der Waals surface area contributed by atoms with Gasteiger partial charge in [0.05, 0.1) is 32.0 Å². The average molecular weight is 1070 g/mol. The zero-order valence-corrected chi connectivity index (χ0v) is 47.8. The van der Waals surface area contributed by atoms with E-state index in [9.17, 15) is 45.6 Å². The zero-order chi connectivity index (χ0) is 54.6. The van der Waals surface area contributed by atoms with E-state index in [2.05, 4.69) is 12.2 Å². The number of carbonyl (C=O) groups excluding carboxylic acids is 1. The first kappa shape index (κ1) is 69.8. The molecule has 2 fully saturated rings. The van der Waals surface area contributed by atoms with Gasteiger partial charge in [0.2, 0.25) is 5.91 Å². The van der Waals surface area contributed by atoms with Crippen molar-refractivity contribution in [2.75, 3.05) is 19.8 Å². The van der Waals surface area contributed by atoms with Crippen molar-refractivity contribution < 1.29 is 64.6 Å². The molecule has 0 aromatic carbocycles. The number of aliphatic hydroxyl groups excluding tert-OH is 8. The van der Waals surface area contributed by atoms with Crippen molar-refractivity contribution in [3.05, 3.63) is 12.2 Å². The fourth-order valence-electron chi connectivity index (χ4n) is 10.7. The highest BCUT2D eigenvalue weighted by Gasteiger charge is 2.51. The summed E-state index contributed by atoms with van der Waals surface area (Å²) in [7, 11) is 0. The first-order valence-electron chi connectivity index (χ1n) is 31.4. The monoisotopic (exact) mass is 1070 g/mol. The molecule has 1 amide bonds. The van der Waals surface area contributed by atoms with Crippen LogP contribution in [0, 0.1) is 0 Å². The molecule has 14 heteroatoms. The fraction of sp³-hybridized carbons (Fsp3) is 0.951. The Kier molecular flexibility index (Phi) is 44.3. The number of amides is 1. The highest BCUT2D eigenvalue weighted by molar-refractivity contribution is 5.76. The Morgan fingerprint density at radius 2 is 0.827 bits per heavy atom. The molecule has 0 saturated carbocycles. The number of rotatable bonds is 51. The quantitative estimate of drug-likeness (QED) is 0.0204. The lowest BCUT2D eigenvalue weighted by Gasteiger charge is -2.46. The maximum Gasteiger partial charge on any atom is 0.220 e. The van der Waals surface area contributed by atoms with Gasteiger partial charge in [0.15, 0.2) is 12.6 Å². The lowest BCUT2D eigenvalue weighted by molar-refractivity contribution is -0.359. The summed E-state index contributed by atoms with van der Waals surface area (Å²) in [4.78, 5) is 13.0. The molecule has 0 aromatic rings. The molecule has 0 spiro atoms. The number of hydrogen-bond acceptors (Lipinski definition) is 13. The van der Waals surface area contributed by atoms with E-state index in [1.165, 1.54) is 218 Å². The maximum absolute atomic E-state index is 13.0. The number of nitrogens with one attached hydrogen (secondary N) is 1. The van der Waals surface area contributed by atoms with Gasteiger partial charge < -0.3 is 65.1 Å². The number of hydrogen-bond donors (Lipinski definition) is 9. The first-order chi connectivity index (χ1) is 36.6. The van der Waals surface area contributed by atoms with E-state index >= 15 is 0 Å². The van der Waals surface area contributed by atoms with E-state index in [0.29, 0.717) is 6.42 Å². The summed E-state index contributed by atoms with van der Waals surface area (Å²) in [6.07, 6.45) is 40.2. The van der Waals surface area contributed by atoms with Crippen LogP contribution in [0.4, 0.5) is 0 Å². The molecule has 2 heterocycles. The minimum Gasteiger partial charge on any atom is -0.394 e. The second-order valence-corrected chi connectivity index (χ2v) is 22.6. The highest BCUT2D eigenvalue weighted by Crippen LogP contribution is 2.30. The summed E-state index contributed by atoms with van der Waals surface area (Å²) in [5.41, 5.74) is 0. The summed E-state index contributed by atoms with van der Waals surface area (Å²) in [5.74, 6) is -0.246. The van der Waals surface area contributed by atoms with Crippen LogP contribution in [0.2, 0.25) is 0 Å². The molecule has 14 nitrogen and oxygen atoms in total. The summed E-state index contributed by atoms with van der Waals surface area (Å²) >= 11 is 0. The van der Waals surface area contributed by atoms with Gasteiger partial charge in [-0.25, -0.2) is 0 Å². The standard InChI is InChI=1S/C61H117NO13/c1-3-5-7-8-9-10-11-12-13-14-15-16-17-18-19-20-21-22-23-24-25-26-27-28-29-30-31-32-33-34-35-36-37-38-39-40-41-43-45-53(66)62-49(50(65)44-42-6-4-2)48-72-60-58(71)56(69)59(52(47-64)74-60)75-61-57(70)55(68)54(67)51(46-63)73-61/h42,44,49-52,54-61,63-65,67-71H,3-41,43,45-48H2,1-2H3,(H,62,66)/b44-42+. The Labute approximate surface area is 456 Å². The van der Waals surface area contributed by atoms with Gasteiger partial charge in [0.1, 0.15) is 48.8 Å². The second-order valence-electron chi connectivity index (χ2n) is 22.6. The van der Waals surface area contributed by atoms with Crippen LogP contribution in [0.1, 0.15) is 277 Å². The van der Waals surface area contributed by atoms with Gasteiger partial charge >= 0.3 is 0 Å². The molecular formula is C61H117NO13. The van der Waals surface area contributed by atoms with Crippen LogP contribution in [-0.2, 0) is 23.7 Å². The van der Waals surface area contributed by atoms with Crippen molar-refractivity contribution in [2.24, 2.45) is 0 Å². The minimum absolute atomic E-state index is 0.246. The molecule has 2 saturated heterocycles. The summed E-state index contributed by atoms with van der Waals surface area (Å²) < 4.78 is 22.5. The predicted molar refractivity (Wildman–Crippen MR) is 300 cm³/mol. The number of carbonyl (C=O) groups is 1. The summed E-state index contributed by atoms with van der Waals surface area (Å²) in [6.45, 7) is 2.59. The Bertz CT molecular complexity index is 1310. The number of unbranched alkanes of at least 4 members (excludes halogenated alkanes) is 38. The van der Waals surface area contributed by atoms with E-state index < -0.39 is 86.8 Å². The summed E-state index contributed by atoms with van der Waals surface area (Å²) in [5, 5.41) is 86.0. The van der Waals surface area contributed by atoms with Crippen LogP contribution < -0.4 is 5.32 Å². The van der Waals surface area contributed by atoms with Crippen LogP contribution in [0.3, 0.4) is 0 Å². The molecule has 2 rings (SSSR count). The van der Waals surface area contributed by atoms with Crippen molar-refractivity contribution in [3.63, 3.8) is 0 Å². The molecule has 444 valence electrons. The SMILES string of the molecule is CCC/C=C/C(O)C(COC1OC(CO)C(OC2OC(CO)C(O)C(O)C2O)C(O)C1O)NC(=O)CCCCCCCCCCCCCCCCCCCCCCCCCCCCCCCCCCCCCCCC. The molecule has 0 radical (unpaired) electrons. The van der Waals surface area contributed by atoms with Crippen LogP contribution in [0.5, 0.6) is 0 Å². The molecule has 2 aliphatic rings. The average Bonchev–Trinajstić information content (AvgIpc) is 3.41. The van der Waals surface area contributed by atoms with E-state index in [-0.39, 0.29) is 18.9 Å². The van der Waals surface area contributed by atoms with E-state index in [4.69, 9.17) is 18.9 Å². The van der Waals surface area contributed by atoms with Crippen molar-refractivity contribution in [1.82, 2.24) is 5.32 Å². The molecule has 0 aromatic heterocycles. The Morgan fingerprint density at radius 3 is 1.20 bits per heavy atom. The minimum atomic E-state index is -1.78. The van der Waals surface area contributed by atoms with E-state index in [0.717, 1.165) is 32.1 Å². The molecule has 12 unspecified atom stereocenters. The molecule has 0 bridgehead atoms. The van der Waals surface area contributed by atoms with Gasteiger partial charge in [-0.2, -0.15) is 0 Å². The van der Waals surface area contributed by atoms with E-state index in [1.807, 2.05) is 13.0 Å². The Hall–Kier alpha value is -1.27. The van der Waals surface area contributed by atoms with Gasteiger partial charge in [-0.05, 0) is 12.8 Å². The summed E-state index contributed by atoms with van der Waals surface area (Å²) in [6, 6.07) is -0.906. The van der Waals surface area contributed by atoms with Crippen molar-refractivity contribution in [1.29, 1.82) is 0 Å². The third-order valence-electron chi connectivity index (χ3n) is 15.7. The van der Waals surface area contributed by atoms with Crippen molar-refractivity contribution in [3.8, 4) is 0 Å². The molecular weight excluding hydrogens is 955 g/mol. The third-order valence-corrected chi connectivity index (χ3v) is 15.7. The molecule has 2 aliphatic heterocycles. The van der Waals surface area contributed by atoms with Gasteiger partial charge in [0, 0.05) is 6.42 Å². The largest absolute Gasteiger partial charge is 0.394 e. The van der Waals surface area contributed by atoms with Gasteiger partial charge in [0.25, 0.3) is 0 Å². The van der Waals surface area contributed by atoms with Gasteiger partial charge in [-0.1, -0.05) is 270 Å². The Morgan fingerprint density at radius 1 is 0.467 bits per heavy atom. The van der Waals surface area contributed by atoms with Crippen LogP contribution in [0.15, 0.2) is 12.2 Å².